The Labute approximate surface area is 117 Å². The molecule has 0 amide bonds. The molecule has 1 aliphatic rings. The second-order valence-corrected chi connectivity index (χ2v) is 6.13. The summed E-state index contributed by atoms with van der Waals surface area (Å²) < 4.78 is 5.71. The van der Waals surface area contributed by atoms with E-state index in [9.17, 15) is 0 Å². The van der Waals surface area contributed by atoms with Crippen LogP contribution in [0.25, 0.3) is 0 Å². The van der Waals surface area contributed by atoms with Crippen molar-refractivity contribution < 1.29 is 4.42 Å². The number of nitrogens with zero attached hydrogens (tertiary/aromatic N) is 1. The van der Waals surface area contributed by atoms with Crippen LogP contribution in [0.2, 0.25) is 0 Å². The SMILES string of the molecule is CC(C)NCc1coc(CN2CCCCCC2C)c1. The second kappa shape index (κ2) is 7.11. The third kappa shape index (κ3) is 4.66. The predicted octanol–water partition coefficient (Wildman–Crippen LogP) is 3.54. The first-order chi connectivity index (χ1) is 9.15. The van der Waals surface area contributed by atoms with Crippen molar-refractivity contribution in [3.63, 3.8) is 0 Å². The van der Waals surface area contributed by atoms with Crippen LogP contribution in [0.15, 0.2) is 16.7 Å². The van der Waals surface area contributed by atoms with E-state index in [0.717, 1.165) is 18.8 Å². The Morgan fingerprint density at radius 2 is 2.21 bits per heavy atom. The van der Waals surface area contributed by atoms with Crippen LogP contribution in [-0.4, -0.2) is 23.5 Å². The molecule has 0 aliphatic carbocycles. The molecule has 108 valence electrons. The third-order valence-electron chi connectivity index (χ3n) is 3.97. The Morgan fingerprint density at radius 3 is 3.00 bits per heavy atom. The molecule has 0 radical (unpaired) electrons. The van der Waals surface area contributed by atoms with Crippen LogP contribution < -0.4 is 5.32 Å². The molecule has 0 spiro atoms. The minimum absolute atomic E-state index is 0.518. The zero-order valence-corrected chi connectivity index (χ0v) is 12.6. The minimum Gasteiger partial charge on any atom is -0.468 e. The van der Waals surface area contributed by atoms with Gasteiger partial charge in [0.25, 0.3) is 0 Å². The largest absolute Gasteiger partial charge is 0.468 e. The van der Waals surface area contributed by atoms with Gasteiger partial charge < -0.3 is 9.73 Å². The van der Waals surface area contributed by atoms with Crippen LogP contribution in [0.4, 0.5) is 0 Å². The van der Waals surface area contributed by atoms with Crippen molar-refractivity contribution in [2.45, 2.75) is 71.6 Å². The molecule has 0 aromatic carbocycles. The molecule has 2 heterocycles. The van der Waals surface area contributed by atoms with E-state index < -0.39 is 0 Å². The number of hydrogen-bond acceptors (Lipinski definition) is 3. The van der Waals surface area contributed by atoms with Crippen LogP contribution >= 0.6 is 0 Å². The van der Waals surface area contributed by atoms with Gasteiger partial charge in [0.05, 0.1) is 12.8 Å². The van der Waals surface area contributed by atoms with Crippen LogP contribution in [0.3, 0.4) is 0 Å². The molecule has 1 saturated heterocycles. The lowest BCUT2D eigenvalue weighted by Crippen LogP contribution is -2.31. The summed E-state index contributed by atoms with van der Waals surface area (Å²) in [5, 5.41) is 3.42. The lowest BCUT2D eigenvalue weighted by atomic mass is 10.1. The summed E-state index contributed by atoms with van der Waals surface area (Å²) in [4.78, 5) is 2.56. The van der Waals surface area contributed by atoms with Gasteiger partial charge in [-0.1, -0.05) is 26.7 Å². The average Bonchev–Trinajstić information content (AvgIpc) is 2.72. The summed E-state index contributed by atoms with van der Waals surface area (Å²) in [7, 11) is 0. The lowest BCUT2D eigenvalue weighted by molar-refractivity contribution is 0.189. The van der Waals surface area contributed by atoms with Crippen molar-refractivity contribution in [1.29, 1.82) is 0 Å². The molecule has 1 aromatic heterocycles. The summed E-state index contributed by atoms with van der Waals surface area (Å²) >= 11 is 0. The quantitative estimate of drug-likeness (QED) is 0.881. The lowest BCUT2D eigenvalue weighted by Gasteiger charge is -2.25. The van der Waals surface area contributed by atoms with E-state index >= 15 is 0 Å². The van der Waals surface area contributed by atoms with E-state index in [4.69, 9.17) is 4.42 Å². The first kappa shape index (κ1) is 14.6. The minimum atomic E-state index is 0.518. The van der Waals surface area contributed by atoms with Gasteiger partial charge in [-0.25, -0.2) is 0 Å². The molecule has 2 rings (SSSR count). The molecule has 19 heavy (non-hydrogen) atoms. The fourth-order valence-corrected chi connectivity index (χ4v) is 2.69. The van der Waals surface area contributed by atoms with Gasteiger partial charge in [0.15, 0.2) is 0 Å². The van der Waals surface area contributed by atoms with E-state index in [0.29, 0.717) is 12.1 Å². The number of likely N-dealkylation sites (tertiary alicyclic amines) is 1. The van der Waals surface area contributed by atoms with E-state index in [-0.39, 0.29) is 0 Å². The zero-order chi connectivity index (χ0) is 13.7. The Balaban J connectivity index is 1.87. The standard InChI is InChI=1S/C16H28N2O/c1-13(2)17-10-15-9-16(19-12-15)11-18-8-6-4-5-7-14(18)3/h9,12-14,17H,4-8,10-11H2,1-3H3. The number of nitrogens with one attached hydrogen (secondary N) is 1. The molecule has 1 unspecified atom stereocenters. The van der Waals surface area contributed by atoms with Crippen LogP contribution in [0, 0.1) is 0 Å². The summed E-state index contributed by atoms with van der Waals surface area (Å²) in [6.45, 7) is 9.75. The Kier molecular flexibility index (Phi) is 5.46. The van der Waals surface area contributed by atoms with E-state index in [2.05, 4.69) is 37.1 Å². The van der Waals surface area contributed by atoms with Gasteiger partial charge >= 0.3 is 0 Å². The van der Waals surface area contributed by atoms with Crippen molar-refractivity contribution >= 4 is 0 Å². The Bertz CT molecular complexity index is 373. The summed E-state index contributed by atoms with van der Waals surface area (Å²) in [5.41, 5.74) is 1.26. The average molecular weight is 264 g/mol. The highest BCUT2D eigenvalue weighted by molar-refractivity contribution is 5.12. The third-order valence-corrected chi connectivity index (χ3v) is 3.97. The van der Waals surface area contributed by atoms with Gasteiger partial charge in [-0.3, -0.25) is 4.90 Å². The highest BCUT2D eigenvalue weighted by Gasteiger charge is 2.18. The predicted molar refractivity (Wildman–Crippen MR) is 79.0 cm³/mol. The molecule has 1 atom stereocenters. The molecule has 1 N–H and O–H groups in total. The molecule has 0 bridgehead atoms. The van der Waals surface area contributed by atoms with Crippen molar-refractivity contribution in [3.8, 4) is 0 Å². The molecule has 0 saturated carbocycles. The van der Waals surface area contributed by atoms with Gasteiger partial charge in [-0.05, 0) is 32.4 Å². The second-order valence-electron chi connectivity index (χ2n) is 6.13. The monoisotopic (exact) mass is 264 g/mol. The van der Waals surface area contributed by atoms with Crippen LogP contribution in [0.1, 0.15) is 57.8 Å². The van der Waals surface area contributed by atoms with Crippen molar-refractivity contribution in [2.75, 3.05) is 6.54 Å². The van der Waals surface area contributed by atoms with Crippen LogP contribution in [-0.2, 0) is 13.1 Å². The van der Waals surface area contributed by atoms with Crippen molar-refractivity contribution in [2.24, 2.45) is 0 Å². The maximum Gasteiger partial charge on any atom is 0.118 e. The summed E-state index contributed by atoms with van der Waals surface area (Å²) in [6, 6.07) is 3.40. The molecular weight excluding hydrogens is 236 g/mol. The fraction of sp³-hybridized carbons (Fsp3) is 0.750. The van der Waals surface area contributed by atoms with E-state index in [1.807, 2.05) is 6.26 Å². The summed E-state index contributed by atoms with van der Waals surface area (Å²) in [5.74, 6) is 1.11. The van der Waals surface area contributed by atoms with Gasteiger partial charge in [0.1, 0.15) is 5.76 Å². The first-order valence-electron chi connectivity index (χ1n) is 7.69. The van der Waals surface area contributed by atoms with Crippen molar-refractivity contribution in [1.82, 2.24) is 10.2 Å². The molecular formula is C16H28N2O. The van der Waals surface area contributed by atoms with Crippen molar-refractivity contribution in [3.05, 3.63) is 23.7 Å². The van der Waals surface area contributed by atoms with Gasteiger partial charge in [0, 0.05) is 24.2 Å². The number of furan rings is 1. The van der Waals surface area contributed by atoms with Gasteiger partial charge in [-0.15, -0.1) is 0 Å². The highest BCUT2D eigenvalue weighted by Crippen LogP contribution is 2.19. The molecule has 3 nitrogen and oxygen atoms in total. The fourth-order valence-electron chi connectivity index (χ4n) is 2.69. The van der Waals surface area contributed by atoms with E-state index in [1.54, 1.807) is 0 Å². The molecule has 1 fully saturated rings. The molecule has 3 heteroatoms. The van der Waals surface area contributed by atoms with Gasteiger partial charge in [-0.2, -0.15) is 0 Å². The Hall–Kier alpha value is -0.800. The van der Waals surface area contributed by atoms with Crippen LogP contribution in [0.5, 0.6) is 0 Å². The van der Waals surface area contributed by atoms with E-state index in [1.165, 1.54) is 37.8 Å². The maximum absolute atomic E-state index is 5.71. The topological polar surface area (TPSA) is 28.4 Å². The molecule has 1 aliphatic heterocycles. The highest BCUT2D eigenvalue weighted by atomic mass is 16.3. The maximum atomic E-state index is 5.71. The normalized spacial score (nSPS) is 21.8. The van der Waals surface area contributed by atoms with Gasteiger partial charge in [0.2, 0.25) is 0 Å². The first-order valence-corrected chi connectivity index (χ1v) is 7.69. The number of hydrogen-bond donors (Lipinski definition) is 1. The summed E-state index contributed by atoms with van der Waals surface area (Å²) in [6.07, 6.45) is 7.30. The zero-order valence-electron chi connectivity index (χ0n) is 12.6. The smallest absolute Gasteiger partial charge is 0.118 e. The molecule has 1 aromatic rings. The number of rotatable bonds is 5. The Morgan fingerprint density at radius 1 is 1.37 bits per heavy atom.